The second kappa shape index (κ2) is 5.04. The summed E-state index contributed by atoms with van der Waals surface area (Å²) in [6.07, 6.45) is 7.24. The topological polar surface area (TPSA) is 57.4 Å². The molecule has 0 bridgehead atoms. The molecule has 1 aromatic rings. The zero-order valence-electron chi connectivity index (χ0n) is 13.7. The van der Waals surface area contributed by atoms with E-state index >= 15 is 0 Å². The van der Waals surface area contributed by atoms with Gasteiger partial charge in [-0.05, 0) is 44.7 Å². The van der Waals surface area contributed by atoms with Crippen LogP contribution in [0.2, 0.25) is 0 Å². The summed E-state index contributed by atoms with van der Waals surface area (Å²) >= 11 is 0. The summed E-state index contributed by atoms with van der Waals surface area (Å²) in [5, 5.41) is 11.2. The molecule has 1 aromatic carbocycles. The number of benzene rings is 1. The Morgan fingerprint density at radius 2 is 1.65 bits per heavy atom. The fourth-order valence-electron chi connectivity index (χ4n) is 5.08. The summed E-state index contributed by atoms with van der Waals surface area (Å²) in [6, 6.07) is 7.07. The van der Waals surface area contributed by atoms with E-state index in [2.05, 4.69) is 0 Å². The molecule has 1 heterocycles. The van der Waals surface area contributed by atoms with E-state index in [1.807, 2.05) is 19.1 Å². The highest BCUT2D eigenvalue weighted by molar-refractivity contribution is 7.89. The quantitative estimate of drug-likeness (QED) is 0.864. The van der Waals surface area contributed by atoms with Gasteiger partial charge in [-0.2, -0.15) is 4.31 Å². The molecule has 3 fully saturated rings. The monoisotopic (exact) mass is 335 g/mol. The second-order valence-corrected chi connectivity index (χ2v) is 9.35. The van der Waals surface area contributed by atoms with E-state index < -0.39 is 21.2 Å². The molecule has 1 N–H and O–H groups in total. The van der Waals surface area contributed by atoms with Gasteiger partial charge in [0.2, 0.25) is 10.0 Å². The Labute approximate surface area is 138 Å². The van der Waals surface area contributed by atoms with E-state index in [0.717, 1.165) is 56.9 Å². The average molecular weight is 335 g/mol. The number of hydrogen-bond acceptors (Lipinski definition) is 3. The van der Waals surface area contributed by atoms with Crippen LogP contribution in [-0.4, -0.2) is 35.0 Å². The Morgan fingerprint density at radius 3 is 2.30 bits per heavy atom. The van der Waals surface area contributed by atoms with E-state index in [1.165, 1.54) is 0 Å². The number of nitrogens with zero attached hydrogens (tertiary/aromatic N) is 1. The van der Waals surface area contributed by atoms with Crippen molar-refractivity contribution in [1.29, 1.82) is 0 Å². The summed E-state index contributed by atoms with van der Waals surface area (Å²) in [7, 11) is -3.53. The van der Waals surface area contributed by atoms with E-state index in [-0.39, 0.29) is 6.04 Å². The highest BCUT2D eigenvalue weighted by Crippen LogP contribution is 2.63. The van der Waals surface area contributed by atoms with Crippen molar-refractivity contribution in [2.45, 2.75) is 80.4 Å². The lowest BCUT2D eigenvalue weighted by molar-refractivity contribution is -0.0119. The Bertz CT molecular complexity index is 706. The van der Waals surface area contributed by atoms with Crippen LogP contribution in [-0.2, 0) is 10.0 Å². The van der Waals surface area contributed by atoms with Crippen LogP contribution in [0.15, 0.2) is 29.2 Å². The predicted molar refractivity (Wildman–Crippen MR) is 88.6 cm³/mol. The van der Waals surface area contributed by atoms with Crippen molar-refractivity contribution < 1.29 is 13.5 Å². The predicted octanol–water partition coefficient (Wildman–Crippen LogP) is 2.99. The van der Waals surface area contributed by atoms with Gasteiger partial charge in [0.25, 0.3) is 0 Å². The molecule has 0 amide bonds. The van der Waals surface area contributed by atoms with Gasteiger partial charge in [-0.3, -0.25) is 0 Å². The molecule has 5 heteroatoms. The van der Waals surface area contributed by atoms with Crippen LogP contribution in [0.4, 0.5) is 0 Å². The number of sulfonamides is 1. The lowest BCUT2D eigenvalue weighted by atomic mass is 9.75. The van der Waals surface area contributed by atoms with Gasteiger partial charge < -0.3 is 5.11 Å². The average Bonchev–Trinajstić information content (AvgIpc) is 3.07. The van der Waals surface area contributed by atoms with E-state index in [4.69, 9.17) is 0 Å². The first-order chi connectivity index (χ1) is 10.9. The molecule has 1 aliphatic heterocycles. The van der Waals surface area contributed by atoms with Gasteiger partial charge in [0.15, 0.2) is 0 Å². The maximum absolute atomic E-state index is 13.2. The van der Waals surface area contributed by atoms with Crippen molar-refractivity contribution in [2.24, 2.45) is 0 Å². The summed E-state index contributed by atoms with van der Waals surface area (Å²) in [6.45, 7) is 1.95. The zero-order chi connectivity index (χ0) is 16.3. The first-order valence-corrected chi connectivity index (χ1v) is 10.2. The molecule has 3 atom stereocenters. The number of aryl methyl sites for hydroxylation is 1. The Morgan fingerprint density at radius 1 is 1.04 bits per heavy atom. The molecule has 3 aliphatic rings. The summed E-state index contributed by atoms with van der Waals surface area (Å²) < 4.78 is 28.1. The Balaban J connectivity index is 1.75. The maximum Gasteiger partial charge on any atom is 0.244 e. The minimum atomic E-state index is -3.53. The molecule has 4 nitrogen and oxygen atoms in total. The lowest BCUT2D eigenvalue weighted by Crippen LogP contribution is -2.48. The zero-order valence-corrected chi connectivity index (χ0v) is 14.5. The third kappa shape index (κ3) is 2.06. The molecular weight excluding hydrogens is 310 g/mol. The molecule has 0 spiro atoms. The second-order valence-electron chi connectivity index (χ2n) is 7.54. The fraction of sp³-hybridized carbons (Fsp3) is 0.667. The van der Waals surface area contributed by atoms with Gasteiger partial charge in [-0.1, -0.05) is 43.4 Å². The molecule has 4 rings (SSSR count). The van der Waals surface area contributed by atoms with Crippen molar-refractivity contribution in [3.63, 3.8) is 0 Å². The van der Waals surface area contributed by atoms with Crippen molar-refractivity contribution >= 4 is 10.0 Å². The minimum Gasteiger partial charge on any atom is -0.388 e. The first-order valence-electron chi connectivity index (χ1n) is 8.75. The molecule has 2 aliphatic carbocycles. The molecular formula is C18H25NO3S. The third-order valence-electron chi connectivity index (χ3n) is 6.26. The van der Waals surface area contributed by atoms with Crippen LogP contribution in [0.5, 0.6) is 0 Å². The minimum absolute atomic E-state index is 0.00865. The Kier molecular flexibility index (Phi) is 3.42. The van der Waals surface area contributed by atoms with Crippen LogP contribution in [0, 0.1) is 6.92 Å². The molecule has 23 heavy (non-hydrogen) atoms. The van der Waals surface area contributed by atoms with Crippen molar-refractivity contribution in [2.75, 3.05) is 0 Å². The van der Waals surface area contributed by atoms with Gasteiger partial charge in [0.05, 0.1) is 16.0 Å². The van der Waals surface area contributed by atoms with E-state index in [0.29, 0.717) is 4.90 Å². The Hall–Kier alpha value is -0.910. The largest absolute Gasteiger partial charge is 0.388 e. The van der Waals surface area contributed by atoms with Crippen LogP contribution in [0.25, 0.3) is 0 Å². The van der Waals surface area contributed by atoms with Gasteiger partial charge in [0, 0.05) is 6.04 Å². The molecule has 2 saturated carbocycles. The number of hydrogen-bond donors (Lipinski definition) is 1. The van der Waals surface area contributed by atoms with E-state index in [1.54, 1.807) is 16.4 Å². The first kappa shape index (κ1) is 15.6. The van der Waals surface area contributed by atoms with Crippen LogP contribution >= 0.6 is 0 Å². The summed E-state index contributed by atoms with van der Waals surface area (Å²) in [5.74, 6) is 0. The molecule has 126 valence electrons. The number of aliphatic hydroxyl groups is 1. The lowest BCUT2D eigenvalue weighted by Gasteiger charge is -2.35. The molecule has 0 aromatic heterocycles. The summed E-state index contributed by atoms with van der Waals surface area (Å²) in [4.78, 5) is 0.360. The van der Waals surface area contributed by atoms with Gasteiger partial charge >= 0.3 is 0 Å². The van der Waals surface area contributed by atoms with Crippen LogP contribution in [0.1, 0.15) is 56.9 Å². The number of fused-ring (bicyclic) bond motifs is 1. The molecule has 3 unspecified atom stereocenters. The van der Waals surface area contributed by atoms with E-state index in [9.17, 15) is 13.5 Å². The number of rotatable bonds is 3. The van der Waals surface area contributed by atoms with Gasteiger partial charge in [-0.25, -0.2) is 8.42 Å². The highest BCUT2D eigenvalue weighted by Gasteiger charge is 2.76. The van der Waals surface area contributed by atoms with Gasteiger partial charge in [0.1, 0.15) is 0 Å². The highest BCUT2D eigenvalue weighted by atomic mass is 32.2. The van der Waals surface area contributed by atoms with Crippen LogP contribution in [0.3, 0.4) is 0 Å². The molecule has 1 saturated heterocycles. The fourth-order valence-corrected chi connectivity index (χ4v) is 7.16. The van der Waals surface area contributed by atoms with Crippen LogP contribution < -0.4 is 0 Å². The standard InChI is InChI=1S/C18H25NO3S/c1-14-7-9-15(10-8-14)23(21,22)19-16-6-2-3-13-18(16,19)17(20)11-4-5-12-17/h7-10,16,20H,2-6,11-13H2,1H3. The molecule has 0 radical (unpaired) electrons. The normalized spacial score (nSPS) is 35.7. The summed E-state index contributed by atoms with van der Waals surface area (Å²) in [5.41, 5.74) is -0.308. The van der Waals surface area contributed by atoms with Gasteiger partial charge in [-0.15, -0.1) is 0 Å². The maximum atomic E-state index is 13.2. The smallest absolute Gasteiger partial charge is 0.244 e. The SMILES string of the molecule is Cc1ccc(S(=O)(=O)N2C3CCCCC32C2(O)CCCC2)cc1. The van der Waals surface area contributed by atoms with Crippen molar-refractivity contribution in [3.8, 4) is 0 Å². The van der Waals surface area contributed by atoms with Crippen molar-refractivity contribution in [3.05, 3.63) is 29.8 Å². The third-order valence-corrected chi connectivity index (χ3v) is 8.23. The van der Waals surface area contributed by atoms with Crippen molar-refractivity contribution in [1.82, 2.24) is 4.31 Å².